The van der Waals surface area contributed by atoms with E-state index in [1.54, 1.807) is 0 Å². The smallest absolute Gasteiger partial charge is 0.390 e. The molecule has 0 aromatic heterocycles. The van der Waals surface area contributed by atoms with Crippen LogP contribution in [-0.2, 0) is 29.2 Å². The van der Waals surface area contributed by atoms with Gasteiger partial charge in [0.15, 0.2) is 0 Å². The van der Waals surface area contributed by atoms with E-state index in [4.69, 9.17) is 8.37 Å². The molecule has 11 heteroatoms. The van der Waals surface area contributed by atoms with E-state index in [1.807, 2.05) is 0 Å². The van der Waals surface area contributed by atoms with Gasteiger partial charge in [-0.15, -0.1) is 0 Å². The zero-order valence-corrected chi connectivity index (χ0v) is 24.9. The van der Waals surface area contributed by atoms with Gasteiger partial charge in [-0.2, -0.15) is 16.8 Å². The molecule has 0 unspecified atom stereocenters. The molecule has 4 aliphatic carbocycles. The third kappa shape index (κ3) is 6.29. The van der Waals surface area contributed by atoms with Crippen LogP contribution in [0.3, 0.4) is 0 Å². The van der Waals surface area contributed by atoms with E-state index >= 15 is 0 Å². The fraction of sp³-hybridized carbons (Fsp3) is 1.00. The van der Waals surface area contributed by atoms with Crippen LogP contribution in [0.1, 0.15) is 98.3 Å². The van der Waals surface area contributed by atoms with E-state index in [1.165, 1.54) is 0 Å². The van der Waals surface area contributed by atoms with Crippen molar-refractivity contribution in [2.24, 2.45) is 52.3 Å². The second-order valence-electron chi connectivity index (χ2n) is 13.7. The van der Waals surface area contributed by atoms with E-state index in [9.17, 15) is 31.0 Å². The van der Waals surface area contributed by atoms with Crippen LogP contribution < -0.4 is 0 Å². The van der Waals surface area contributed by atoms with Crippen LogP contribution in [0.5, 0.6) is 0 Å². The predicted molar refractivity (Wildman–Crippen MR) is 143 cm³/mol. The van der Waals surface area contributed by atoms with Gasteiger partial charge in [0.05, 0.1) is 12.7 Å². The van der Waals surface area contributed by atoms with Gasteiger partial charge in [0.2, 0.25) is 0 Å². The highest BCUT2D eigenvalue weighted by atomic mass is 32.3. The van der Waals surface area contributed by atoms with Crippen LogP contribution in [0.15, 0.2) is 0 Å². The molecule has 0 bridgehead atoms. The molecule has 0 amide bonds. The summed E-state index contributed by atoms with van der Waals surface area (Å²) in [5.74, 6) is 2.34. The van der Waals surface area contributed by atoms with Crippen molar-refractivity contribution < 1.29 is 39.4 Å². The molecule has 10 atom stereocenters. The molecule has 0 spiro atoms. The lowest BCUT2D eigenvalue weighted by Crippen LogP contribution is -2.59. The van der Waals surface area contributed by atoms with E-state index in [0.717, 1.165) is 64.2 Å². The van der Waals surface area contributed by atoms with Crippen molar-refractivity contribution in [1.82, 2.24) is 0 Å². The summed E-state index contributed by atoms with van der Waals surface area (Å²) in [6.45, 7) is 9.04. The van der Waals surface area contributed by atoms with Gasteiger partial charge >= 0.3 is 20.8 Å². The van der Waals surface area contributed by atoms with E-state index in [-0.39, 0.29) is 29.3 Å². The number of rotatable bonds is 10. The number of aliphatic hydroxyl groups excluding tert-OH is 1. The monoisotopic (exact) mass is 580 g/mol. The van der Waals surface area contributed by atoms with Gasteiger partial charge in [0.25, 0.3) is 0 Å². The molecule has 0 saturated heterocycles. The second kappa shape index (κ2) is 11.2. The van der Waals surface area contributed by atoms with Crippen molar-refractivity contribution in [3.05, 3.63) is 0 Å². The minimum absolute atomic E-state index is 0.0269. The first-order valence-corrected chi connectivity index (χ1v) is 17.2. The predicted octanol–water partition coefficient (Wildman–Crippen LogP) is 5.07. The summed E-state index contributed by atoms with van der Waals surface area (Å²) in [7, 11) is -9.11. The number of hydrogen-bond donors (Lipinski definition) is 3. The normalized spacial score (nSPS) is 42.4. The van der Waals surface area contributed by atoms with Gasteiger partial charge in [-0.3, -0.25) is 9.11 Å². The number of hydrogen-bond acceptors (Lipinski definition) is 7. The van der Waals surface area contributed by atoms with Gasteiger partial charge in [-0.05, 0) is 110 Å². The molecule has 38 heavy (non-hydrogen) atoms. The highest BCUT2D eigenvalue weighted by molar-refractivity contribution is 7.81. The minimum Gasteiger partial charge on any atom is -0.390 e. The van der Waals surface area contributed by atoms with E-state index in [2.05, 4.69) is 27.7 Å². The highest BCUT2D eigenvalue weighted by Gasteiger charge is 2.62. The van der Waals surface area contributed by atoms with Crippen molar-refractivity contribution in [1.29, 1.82) is 0 Å². The number of aliphatic hydroxyl groups is 1. The maximum atomic E-state index is 11.4. The van der Waals surface area contributed by atoms with Gasteiger partial charge in [0.1, 0.15) is 6.10 Å². The Morgan fingerprint density at radius 3 is 2.08 bits per heavy atom. The summed E-state index contributed by atoms with van der Waals surface area (Å²) in [6.07, 6.45) is 8.21. The lowest BCUT2D eigenvalue weighted by molar-refractivity contribution is -0.171. The Labute approximate surface area is 229 Å². The average molecular weight is 581 g/mol. The van der Waals surface area contributed by atoms with Crippen molar-refractivity contribution in [2.45, 2.75) is 111 Å². The molecule has 0 radical (unpaired) electrons. The lowest BCUT2D eigenvalue weighted by atomic mass is 9.44. The van der Waals surface area contributed by atoms with Crippen molar-refractivity contribution >= 4 is 20.8 Å². The second-order valence-corrected chi connectivity index (χ2v) is 15.8. The molecule has 0 aliphatic heterocycles. The van der Waals surface area contributed by atoms with Crippen LogP contribution in [0.4, 0.5) is 0 Å². The maximum absolute atomic E-state index is 11.4. The minimum atomic E-state index is -4.62. The Bertz CT molecular complexity index is 1040. The van der Waals surface area contributed by atoms with Gasteiger partial charge in [0, 0.05) is 0 Å². The fourth-order valence-electron chi connectivity index (χ4n) is 9.74. The molecule has 4 rings (SSSR count). The Kier molecular flexibility index (Phi) is 9.01. The quantitative estimate of drug-likeness (QED) is 0.301. The summed E-state index contributed by atoms with van der Waals surface area (Å²) < 4.78 is 73.8. The third-order valence-corrected chi connectivity index (χ3v) is 12.3. The average Bonchev–Trinajstić information content (AvgIpc) is 3.14. The highest BCUT2D eigenvalue weighted by Crippen LogP contribution is 2.68. The van der Waals surface area contributed by atoms with E-state index in [0.29, 0.717) is 36.0 Å². The van der Waals surface area contributed by atoms with Crippen LogP contribution in [0, 0.1) is 52.3 Å². The zero-order valence-electron chi connectivity index (χ0n) is 23.3. The SMILES string of the molecule is CC(C)CCC[C@@H](COS(=O)(=O)O)[C@H]1CC[C@H]2[C@H]3CC[C@H]4[C@@H](O)[C@H](OS(=O)(=O)O)CC[C@]4(C)[C@@H]3CC[C@]12C. The Morgan fingerprint density at radius 1 is 0.816 bits per heavy atom. The van der Waals surface area contributed by atoms with Crippen molar-refractivity contribution in [2.75, 3.05) is 6.61 Å². The Hall–Kier alpha value is -0.300. The van der Waals surface area contributed by atoms with Gasteiger partial charge in [-0.25, -0.2) is 8.37 Å². The third-order valence-electron chi connectivity index (χ3n) is 11.4. The Morgan fingerprint density at radius 2 is 1.45 bits per heavy atom. The molecule has 0 heterocycles. The first kappa shape index (κ1) is 30.7. The molecule has 9 nitrogen and oxygen atoms in total. The standard InChI is InChI=1S/C27H48O9S2/c1-17(2)6-5-7-18(16-35-37(29,30)31)20-10-11-21-19-8-9-23-25(28)24(36-38(32,33)34)13-15-27(23,4)22(19)12-14-26(20,21)3/h17-25,28H,5-16H2,1-4H3,(H,29,30,31)(H,32,33,34)/t18-,19+,20+,21-,22+,23-,24+,25+,26+,27+/m0/s1. The maximum Gasteiger partial charge on any atom is 0.397 e. The molecule has 0 aromatic rings. The summed E-state index contributed by atoms with van der Waals surface area (Å²) >= 11 is 0. The molecular formula is C27H48O9S2. The zero-order chi connectivity index (χ0) is 28.1. The van der Waals surface area contributed by atoms with Crippen LogP contribution in [-0.4, -0.2) is 49.9 Å². The van der Waals surface area contributed by atoms with Crippen LogP contribution in [0.25, 0.3) is 0 Å². The number of fused-ring (bicyclic) bond motifs is 5. The van der Waals surface area contributed by atoms with Crippen molar-refractivity contribution in [3.63, 3.8) is 0 Å². The molecular weight excluding hydrogens is 532 g/mol. The summed E-state index contributed by atoms with van der Waals surface area (Å²) in [6, 6.07) is 0. The largest absolute Gasteiger partial charge is 0.397 e. The fourth-order valence-corrected chi connectivity index (χ4v) is 10.6. The summed E-state index contributed by atoms with van der Waals surface area (Å²) in [4.78, 5) is 0. The first-order chi connectivity index (χ1) is 17.6. The van der Waals surface area contributed by atoms with Crippen molar-refractivity contribution in [3.8, 4) is 0 Å². The molecule has 4 saturated carbocycles. The first-order valence-electron chi connectivity index (χ1n) is 14.5. The summed E-state index contributed by atoms with van der Waals surface area (Å²) in [5.41, 5.74) is -0.0507. The summed E-state index contributed by atoms with van der Waals surface area (Å²) in [5, 5.41) is 11.1. The van der Waals surface area contributed by atoms with Gasteiger partial charge < -0.3 is 5.11 Å². The van der Waals surface area contributed by atoms with Crippen LogP contribution in [0.2, 0.25) is 0 Å². The molecule has 3 N–H and O–H groups in total. The van der Waals surface area contributed by atoms with E-state index < -0.39 is 33.0 Å². The topological polar surface area (TPSA) is 147 Å². The molecule has 0 aromatic carbocycles. The molecule has 4 fully saturated rings. The molecule has 4 aliphatic rings. The van der Waals surface area contributed by atoms with Crippen LogP contribution >= 0.6 is 0 Å². The lowest BCUT2D eigenvalue weighted by Gasteiger charge is -2.62. The molecule has 222 valence electrons. The van der Waals surface area contributed by atoms with Gasteiger partial charge in [-0.1, -0.05) is 40.5 Å². The Balaban J connectivity index is 1.51.